The molecule has 96 valence electrons. The van der Waals surface area contributed by atoms with E-state index in [-0.39, 0.29) is 29.5 Å². The van der Waals surface area contributed by atoms with Crippen molar-refractivity contribution in [1.82, 2.24) is 0 Å². The zero-order valence-electron chi connectivity index (χ0n) is 9.78. The van der Waals surface area contributed by atoms with E-state index < -0.39 is 0 Å². The lowest BCUT2D eigenvalue weighted by Crippen LogP contribution is -2.11. The Morgan fingerprint density at radius 1 is 1.61 bits per heavy atom. The molecule has 0 radical (unpaired) electrons. The van der Waals surface area contributed by atoms with E-state index in [1.165, 1.54) is 12.1 Å². The Morgan fingerprint density at radius 2 is 2.39 bits per heavy atom. The zero-order chi connectivity index (χ0) is 12.9. The summed E-state index contributed by atoms with van der Waals surface area (Å²) in [6.45, 7) is 2.64. The van der Waals surface area contributed by atoms with Gasteiger partial charge in [0.15, 0.2) is 0 Å². The number of esters is 1. The van der Waals surface area contributed by atoms with Crippen LogP contribution >= 0.6 is 15.9 Å². The molecule has 0 aromatic heterocycles. The molecule has 0 bridgehead atoms. The molecule has 3 nitrogen and oxygen atoms in total. The van der Waals surface area contributed by atoms with E-state index in [9.17, 15) is 9.18 Å². The van der Waals surface area contributed by atoms with Crippen LogP contribution in [0.3, 0.4) is 0 Å². The third-order valence-corrected chi connectivity index (χ3v) is 4.13. The van der Waals surface area contributed by atoms with Gasteiger partial charge in [-0.15, -0.1) is 0 Å². The minimum atomic E-state index is -0.320. The van der Waals surface area contributed by atoms with Crippen molar-refractivity contribution in [3.63, 3.8) is 0 Å². The van der Waals surface area contributed by atoms with Gasteiger partial charge in [0, 0.05) is 17.4 Å². The predicted octanol–water partition coefficient (Wildman–Crippen LogP) is 2.87. The standard InChI is InChI=1S/C13H12BrFO3/c1-2-17-13(16)11-8-5-18-12-7(10(8)11)3-6(15)4-9(12)14/h3-4,8,10-11H,2,5H2,1H3/t8-,10+,11?/m0/s1. The molecule has 0 spiro atoms. The lowest BCUT2D eigenvalue weighted by atomic mass is 10.1. The van der Waals surface area contributed by atoms with Gasteiger partial charge in [-0.25, -0.2) is 4.39 Å². The van der Waals surface area contributed by atoms with Crippen LogP contribution in [0.5, 0.6) is 5.75 Å². The molecule has 0 saturated heterocycles. The summed E-state index contributed by atoms with van der Waals surface area (Å²) in [6, 6.07) is 2.83. The molecule has 1 fully saturated rings. The normalized spacial score (nSPS) is 27.8. The van der Waals surface area contributed by atoms with Gasteiger partial charge in [0.2, 0.25) is 0 Å². The smallest absolute Gasteiger partial charge is 0.309 e. The summed E-state index contributed by atoms with van der Waals surface area (Å²) in [5.41, 5.74) is 0.774. The highest BCUT2D eigenvalue weighted by molar-refractivity contribution is 9.10. The highest BCUT2D eigenvalue weighted by Gasteiger charge is 2.59. The maximum Gasteiger partial charge on any atom is 0.309 e. The summed E-state index contributed by atoms with van der Waals surface area (Å²) >= 11 is 3.29. The average Bonchev–Trinajstić information content (AvgIpc) is 3.03. The van der Waals surface area contributed by atoms with Crippen molar-refractivity contribution in [2.45, 2.75) is 12.8 Å². The van der Waals surface area contributed by atoms with Crippen molar-refractivity contribution < 1.29 is 18.7 Å². The molecule has 1 heterocycles. The van der Waals surface area contributed by atoms with Crippen LogP contribution in [-0.2, 0) is 9.53 Å². The van der Waals surface area contributed by atoms with Gasteiger partial charge in [-0.3, -0.25) is 4.79 Å². The topological polar surface area (TPSA) is 35.5 Å². The fourth-order valence-corrected chi connectivity index (χ4v) is 3.29. The number of hydrogen-bond acceptors (Lipinski definition) is 3. The second-order valence-corrected chi connectivity index (χ2v) is 5.44. The van der Waals surface area contributed by atoms with Crippen molar-refractivity contribution >= 4 is 21.9 Å². The Morgan fingerprint density at radius 3 is 3.11 bits per heavy atom. The van der Waals surface area contributed by atoms with Crippen LogP contribution in [0.4, 0.5) is 4.39 Å². The molecule has 3 atom stereocenters. The second kappa shape index (κ2) is 4.23. The van der Waals surface area contributed by atoms with E-state index in [1.807, 2.05) is 0 Å². The number of fused-ring (bicyclic) bond motifs is 3. The fraction of sp³-hybridized carbons (Fsp3) is 0.462. The van der Waals surface area contributed by atoms with Crippen LogP contribution in [0.15, 0.2) is 16.6 Å². The SMILES string of the molecule is CCOC(=O)C1[C@H]2COc3c(Br)cc(F)cc3[C@@H]12. The zero-order valence-corrected chi connectivity index (χ0v) is 11.4. The maximum atomic E-state index is 13.4. The average molecular weight is 315 g/mol. The van der Waals surface area contributed by atoms with Gasteiger partial charge >= 0.3 is 5.97 Å². The molecular weight excluding hydrogens is 303 g/mol. The Kier molecular flexibility index (Phi) is 2.81. The van der Waals surface area contributed by atoms with Crippen LogP contribution in [-0.4, -0.2) is 19.2 Å². The monoisotopic (exact) mass is 314 g/mol. The summed E-state index contributed by atoms with van der Waals surface area (Å²) in [4.78, 5) is 11.8. The summed E-state index contributed by atoms with van der Waals surface area (Å²) in [7, 11) is 0. The van der Waals surface area contributed by atoms with Crippen molar-refractivity contribution in [2.75, 3.05) is 13.2 Å². The van der Waals surface area contributed by atoms with E-state index in [1.54, 1.807) is 6.92 Å². The molecular formula is C13H12BrFO3. The minimum absolute atomic E-state index is 0.0415. The molecule has 1 unspecified atom stereocenters. The second-order valence-electron chi connectivity index (χ2n) is 4.58. The molecule has 18 heavy (non-hydrogen) atoms. The van der Waals surface area contributed by atoms with Crippen molar-refractivity contribution in [3.8, 4) is 5.75 Å². The van der Waals surface area contributed by atoms with Crippen LogP contribution in [0.25, 0.3) is 0 Å². The first-order chi connectivity index (χ1) is 8.63. The summed E-state index contributed by atoms with van der Waals surface area (Å²) in [6.07, 6.45) is 0. The number of ether oxygens (including phenoxy) is 2. The maximum absolute atomic E-state index is 13.4. The molecule has 0 N–H and O–H groups in total. The molecule has 1 aromatic carbocycles. The minimum Gasteiger partial charge on any atom is -0.492 e. The number of halogens is 2. The van der Waals surface area contributed by atoms with Crippen molar-refractivity contribution in [1.29, 1.82) is 0 Å². The molecule has 2 aliphatic rings. The summed E-state index contributed by atoms with van der Waals surface area (Å²) in [5.74, 6) is 0.123. The third kappa shape index (κ3) is 1.72. The summed E-state index contributed by atoms with van der Waals surface area (Å²) < 4.78 is 24.7. The molecule has 0 amide bonds. The Balaban J connectivity index is 1.93. The van der Waals surface area contributed by atoms with Gasteiger partial charge in [-0.1, -0.05) is 0 Å². The third-order valence-electron chi connectivity index (χ3n) is 3.54. The first kappa shape index (κ1) is 12.0. The van der Waals surface area contributed by atoms with Gasteiger partial charge in [-0.05, 0) is 35.0 Å². The number of carbonyl (C=O) groups is 1. The van der Waals surface area contributed by atoms with E-state index in [4.69, 9.17) is 9.47 Å². The highest BCUT2D eigenvalue weighted by atomic mass is 79.9. The number of carbonyl (C=O) groups excluding carboxylic acids is 1. The predicted molar refractivity (Wildman–Crippen MR) is 65.9 cm³/mol. The van der Waals surface area contributed by atoms with E-state index in [2.05, 4.69) is 15.9 Å². The van der Waals surface area contributed by atoms with Gasteiger partial charge < -0.3 is 9.47 Å². The highest BCUT2D eigenvalue weighted by Crippen LogP contribution is 2.60. The summed E-state index contributed by atoms with van der Waals surface area (Å²) in [5, 5.41) is 0. The van der Waals surface area contributed by atoms with Crippen molar-refractivity contribution in [2.24, 2.45) is 11.8 Å². The Bertz CT molecular complexity index is 517. The quantitative estimate of drug-likeness (QED) is 0.787. The van der Waals surface area contributed by atoms with E-state index in [0.717, 1.165) is 5.56 Å². The number of rotatable bonds is 2. The molecule has 1 saturated carbocycles. The van der Waals surface area contributed by atoms with Crippen LogP contribution in [0.2, 0.25) is 0 Å². The Labute approximate surface area is 112 Å². The van der Waals surface area contributed by atoms with Crippen LogP contribution in [0, 0.1) is 17.7 Å². The van der Waals surface area contributed by atoms with Gasteiger partial charge in [0.05, 0.1) is 23.6 Å². The lowest BCUT2D eigenvalue weighted by molar-refractivity contribution is -0.145. The first-order valence-corrected chi connectivity index (χ1v) is 6.71. The number of hydrogen-bond donors (Lipinski definition) is 0. The van der Waals surface area contributed by atoms with E-state index >= 15 is 0 Å². The lowest BCUT2D eigenvalue weighted by Gasteiger charge is -2.17. The van der Waals surface area contributed by atoms with Crippen LogP contribution < -0.4 is 4.74 Å². The Hall–Kier alpha value is -1.10. The fourth-order valence-electron chi connectivity index (χ4n) is 2.72. The van der Waals surface area contributed by atoms with Crippen LogP contribution in [0.1, 0.15) is 18.4 Å². The van der Waals surface area contributed by atoms with Gasteiger partial charge in [0.25, 0.3) is 0 Å². The van der Waals surface area contributed by atoms with Crippen molar-refractivity contribution in [3.05, 3.63) is 28.0 Å². The molecule has 1 aliphatic carbocycles. The molecule has 5 heteroatoms. The first-order valence-electron chi connectivity index (χ1n) is 5.92. The van der Waals surface area contributed by atoms with Gasteiger partial charge in [-0.2, -0.15) is 0 Å². The van der Waals surface area contributed by atoms with E-state index in [0.29, 0.717) is 23.4 Å². The molecule has 1 aromatic rings. The largest absolute Gasteiger partial charge is 0.492 e. The molecule has 1 aliphatic heterocycles. The molecule has 3 rings (SSSR count). The van der Waals surface area contributed by atoms with Gasteiger partial charge in [0.1, 0.15) is 11.6 Å². The number of benzene rings is 1.